The van der Waals surface area contributed by atoms with Crippen LogP contribution >= 0.6 is 11.8 Å². The van der Waals surface area contributed by atoms with E-state index in [4.69, 9.17) is 0 Å². The first-order valence-electron chi connectivity index (χ1n) is 1.63. The Balaban J connectivity index is 3.82. The summed E-state index contributed by atoms with van der Waals surface area (Å²) in [5.74, 6) is 0. The molecular formula is C3H3F3OS. The fourth-order valence-electron chi connectivity index (χ4n) is 0.116. The average Bonchev–Trinajstić information content (AvgIpc) is 1.62. The molecule has 1 nitrogen and oxygen atoms in total. The zero-order valence-electron chi connectivity index (χ0n) is 3.95. The van der Waals surface area contributed by atoms with Crippen LogP contribution in [-0.4, -0.2) is 17.5 Å². The molecule has 0 aromatic carbocycles. The molecule has 5 heteroatoms. The van der Waals surface area contributed by atoms with Crippen molar-refractivity contribution in [2.75, 3.05) is 6.26 Å². The van der Waals surface area contributed by atoms with Crippen molar-refractivity contribution in [3.8, 4) is 0 Å². The fraction of sp³-hybridized carbons (Fsp3) is 0.667. The molecule has 0 N–H and O–H groups in total. The standard InChI is InChI=1S/C3H3F3OS/c1-8-2(7)3(4,5)6/h1H3. The second-order valence-corrected chi connectivity index (χ2v) is 1.77. The van der Waals surface area contributed by atoms with Gasteiger partial charge in [0, 0.05) is 0 Å². The number of rotatable bonds is 0. The lowest BCUT2D eigenvalue weighted by atomic mass is 10.8. The van der Waals surface area contributed by atoms with Crippen molar-refractivity contribution in [3.63, 3.8) is 0 Å². The summed E-state index contributed by atoms with van der Waals surface area (Å²) in [7, 11) is 0. The molecule has 0 aliphatic carbocycles. The first kappa shape index (κ1) is 7.81. The summed E-state index contributed by atoms with van der Waals surface area (Å²) >= 11 is 0.168. The minimum atomic E-state index is -4.67. The lowest BCUT2D eigenvalue weighted by Gasteiger charge is -1.98. The Hall–Kier alpha value is -0.190. The summed E-state index contributed by atoms with van der Waals surface area (Å²) < 4.78 is 33.2. The smallest absolute Gasteiger partial charge is 0.277 e. The highest BCUT2D eigenvalue weighted by molar-refractivity contribution is 8.13. The van der Waals surface area contributed by atoms with Crippen LogP contribution in [0.5, 0.6) is 0 Å². The van der Waals surface area contributed by atoms with Gasteiger partial charge in [-0.25, -0.2) is 0 Å². The molecule has 0 aromatic rings. The third kappa shape index (κ3) is 2.20. The van der Waals surface area contributed by atoms with Crippen molar-refractivity contribution in [2.45, 2.75) is 6.18 Å². The van der Waals surface area contributed by atoms with E-state index < -0.39 is 11.3 Å². The van der Waals surface area contributed by atoms with Gasteiger partial charge in [-0.05, 0) is 6.26 Å². The number of alkyl halides is 3. The number of halogens is 3. The van der Waals surface area contributed by atoms with Crippen LogP contribution in [0.25, 0.3) is 0 Å². The molecule has 0 aliphatic rings. The quantitative estimate of drug-likeness (QED) is 0.511. The van der Waals surface area contributed by atoms with Gasteiger partial charge in [0.05, 0.1) is 0 Å². The maximum Gasteiger partial charge on any atom is 0.460 e. The van der Waals surface area contributed by atoms with E-state index in [0.717, 1.165) is 6.26 Å². The van der Waals surface area contributed by atoms with E-state index in [1.165, 1.54) is 0 Å². The van der Waals surface area contributed by atoms with E-state index in [1.54, 1.807) is 0 Å². The Morgan fingerprint density at radius 1 is 1.50 bits per heavy atom. The molecule has 0 unspecified atom stereocenters. The van der Waals surface area contributed by atoms with Crippen LogP contribution in [0.4, 0.5) is 13.2 Å². The van der Waals surface area contributed by atoms with Crippen LogP contribution in [0.3, 0.4) is 0 Å². The van der Waals surface area contributed by atoms with Gasteiger partial charge in [0.1, 0.15) is 0 Å². The maximum absolute atomic E-state index is 11.1. The number of hydrogen-bond donors (Lipinski definition) is 0. The second kappa shape index (κ2) is 2.39. The largest absolute Gasteiger partial charge is 0.460 e. The molecule has 0 aliphatic heterocycles. The zero-order chi connectivity index (χ0) is 6.78. The van der Waals surface area contributed by atoms with Gasteiger partial charge >= 0.3 is 6.18 Å². The molecule has 0 amide bonds. The van der Waals surface area contributed by atoms with E-state index in [0.29, 0.717) is 0 Å². The molecule has 8 heavy (non-hydrogen) atoms. The fourth-order valence-corrected chi connectivity index (χ4v) is 0.347. The third-order valence-corrected chi connectivity index (χ3v) is 1.02. The molecule has 0 atom stereocenters. The Morgan fingerprint density at radius 2 is 1.88 bits per heavy atom. The number of carbonyl (C=O) groups is 1. The summed E-state index contributed by atoms with van der Waals surface area (Å²) in [6.07, 6.45) is -3.57. The van der Waals surface area contributed by atoms with E-state index in [2.05, 4.69) is 0 Å². The average molecular weight is 144 g/mol. The lowest BCUT2D eigenvalue weighted by molar-refractivity contribution is -0.160. The molecule has 0 bridgehead atoms. The predicted molar refractivity (Wildman–Crippen MR) is 24.6 cm³/mol. The summed E-state index contributed by atoms with van der Waals surface area (Å²) in [6.45, 7) is 0. The van der Waals surface area contributed by atoms with Gasteiger partial charge in [-0.15, -0.1) is 0 Å². The molecule has 0 saturated carbocycles. The number of carbonyl (C=O) groups excluding carboxylic acids is 1. The van der Waals surface area contributed by atoms with Crippen molar-refractivity contribution >= 4 is 16.9 Å². The van der Waals surface area contributed by atoms with Crippen molar-refractivity contribution in [1.29, 1.82) is 0 Å². The van der Waals surface area contributed by atoms with Gasteiger partial charge in [0.15, 0.2) is 0 Å². The third-order valence-electron chi connectivity index (χ3n) is 0.417. The van der Waals surface area contributed by atoms with Gasteiger partial charge in [-0.1, -0.05) is 11.8 Å². The summed E-state index contributed by atoms with van der Waals surface area (Å²) in [6, 6.07) is 0. The number of thioether (sulfide) groups is 1. The number of hydrogen-bond acceptors (Lipinski definition) is 2. The summed E-state index contributed by atoms with van der Waals surface area (Å²) in [5.41, 5.74) is 0. The molecular weight excluding hydrogens is 141 g/mol. The van der Waals surface area contributed by atoms with E-state index in [9.17, 15) is 18.0 Å². The van der Waals surface area contributed by atoms with Crippen LogP contribution in [0, 0.1) is 0 Å². The maximum atomic E-state index is 11.1. The normalized spacial score (nSPS) is 11.5. The van der Waals surface area contributed by atoms with Gasteiger partial charge in [-0.3, -0.25) is 4.79 Å². The van der Waals surface area contributed by atoms with Crippen molar-refractivity contribution in [3.05, 3.63) is 0 Å². The second-order valence-electron chi connectivity index (χ2n) is 0.989. The summed E-state index contributed by atoms with van der Waals surface area (Å²) in [5, 5.41) is -1.75. The van der Waals surface area contributed by atoms with E-state index in [1.807, 2.05) is 0 Å². The lowest BCUT2D eigenvalue weighted by Crippen LogP contribution is -2.18. The molecule has 0 spiro atoms. The van der Waals surface area contributed by atoms with E-state index in [-0.39, 0.29) is 11.8 Å². The summed E-state index contributed by atoms with van der Waals surface area (Å²) in [4.78, 5) is 9.67. The SMILES string of the molecule is CSC(=O)C(F)(F)F. The van der Waals surface area contributed by atoms with Gasteiger partial charge < -0.3 is 0 Å². The Morgan fingerprint density at radius 3 is 1.88 bits per heavy atom. The molecule has 48 valence electrons. The van der Waals surface area contributed by atoms with Crippen LogP contribution in [0.15, 0.2) is 0 Å². The van der Waals surface area contributed by atoms with Crippen molar-refractivity contribution < 1.29 is 18.0 Å². The van der Waals surface area contributed by atoms with Crippen molar-refractivity contribution in [1.82, 2.24) is 0 Å². The van der Waals surface area contributed by atoms with E-state index >= 15 is 0 Å². The molecule has 0 heterocycles. The minimum absolute atomic E-state index is 0.168. The Bertz CT molecular complexity index is 97.2. The highest BCUT2D eigenvalue weighted by Gasteiger charge is 2.37. The van der Waals surface area contributed by atoms with Crippen molar-refractivity contribution in [2.24, 2.45) is 0 Å². The highest BCUT2D eigenvalue weighted by Crippen LogP contribution is 2.20. The molecule has 0 saturated heterocycles. The monoisotopic (exact) mass is 144 g/mol. The zero-order valence-corrected chi connectivity index (χ0v) is 4.77. The van der Waals surface area contributed by atoms with Crippen LogP contribution in [-0.2, 0) is 4.79 Å². The van der Waals surface area contributed by atoms with Gasteiger partial charge in [0.2, 0.25) is 0 Å². The van der Waals surface area contributed by atoms with Crippen LogP contribution < -0.4 is 0 Å². The molecule has 0 radical (unpaired) electrons. The Labute approximate surface area is 48.3 Å². The first-order valence-corrected chi connectivity index (χ1v) is 2.86. The van der Waals surface area contributed by atoms with Crippen LogP contribution in [0.1, 0.15) is 0 Å². The highest BCUT2D eigenvalue weighted by atomic mass is 32.2. The Kier molecular flexibility index (Phi) is 2.33. The molecule has 0 aromatic heterocycles. The topological polar surface area (TPSA) is 17.1 Å². The predicted octanol–water partition coefficient (Wildman–Crippen LogP) is 1.44. The molecule has 0 fully saturated rings. The van der Waals surface area contributed by atoms with Gasteiger partial charge in [-0.2, -0.15) is 13.2 Å². The first-order chi connectivity index (χ1) is 3.48. The minimum Gasteiger partial charge on any atom is -0.277 e. The van der Waals surface area contributed by atoms with Gasteiger partial charge in [0.25, 0.3) is 5.12 Å². The molecule has 0 rings (SSSR count). The van der Waals surface area contributed by atoms with Crippen LogP contribution in [0.2, 0.25) is 0 Å².